The second-order valence-corrected chi connectivity index (χ2v) is 5.20. The van der Waals surface area contributed by atoms with E-state index < -0.39 is 0 Å². The number of pyridine rings is 1. The summed E-state index contributed by atoms with van der Waals surface area (Å²) in [4.78, 5) is 8.94. The van der Waals surface area contributed by atoms with Gasteiger partial charge in [-0.05, 0) is 31.4 Å². The maximum atomic E-state index is 14.3. The topological polar surface area (TPSA) is 31.4 Å². The number of halogens is 1. The highest BCUT2D eigenvalue weighted by Gasteiger charge is 2.23. The number of hydrogen-bond acceptors (Lipinski definition) is 4. The molecule has 0 amide bonds. The fourth-order valence-electron chi connectivity index (χ4n) is 2.94. The average Bonchev–Trinajstić information content (AvgIpc) is 2.46. The SMILES string of the molecule is CCN1CCCc2cc(F)c(N3CCNCC3)nc21. The molecule has 0 aliphatic carbocycles. The second kappa shape index (κ2) is 5.33. The summed E-state index contributed by atoms with van der Waals surface area (Å²) >= 11 is 0. The van der Waals surface area contributed by atoms with Crippen LogP contribution < -0.4 is 15.1 Å². The van der Waals surface area contributed by atoms with E-state index in [9.17, 15) is 4.39 Å². The maximum absolute atomic E-state index is 14.3. The first kappa shape index (κ1) is 12.7. The number of aryl methyl sites for hydroxylation is 1. The van der Waals surface area contributed by atoms with Crippen molar-refractivity contribution in [3.8, 4) is 0 Å². The van der Waals surface area contributed by atoms with Crippen molar-refractivity contribution in [3.63, 3.8) is 0 Å². The van der Waals surface area contributed by atoms with E-state index in [1.807, 2.05) is 0 Å². The van der Waals surface area contributed by atoms with Gasteiger partial charge in [0, 0.05) is 39.3 Å². The van der Waals surface area contributed by atoms with Crippen LogP contribution in [0.1, 0.15) is 18.9 Å². The molecule has 2 aliphatic heterocycles. The van der Waals surface area contributed by atoms with Crippen molar-refractivity contribution in [3.05, 3.63) is 17.4 Å². The van der Waals surface area contributed by atoms with Gasteiger partial charge in [-0.15, -0.1) is 0 Å². The summed E-state index contributed by atoms with van der Waals surface area (Å²) in [7, 11) is 0. The first-order chi connectivity index (χ1) is 9.29. The Morgan fingerprint density at radius 3 is 2.79 bits per heavy atom. The van der Waals surface area contributed by atoms with Crippen LogP contribution in [0.3, 0.4) is 0 Å². The van der Waals surface area contributed by atoms with Crippen LogP contribution in [0.25, 0.3) is 0 Å². The van der Waals surface area contributed by atoms with Crippen LogP contribution in [-0.2, 0) is 6.42 Å². The molecular formula is C14H21FN4. The van der Waals surface area contributed by atoms with Crippen molar-refractivity contribution in [2.75, 3.05) is 49.1 Å². The lowest BCUT2D eigenvalue weighted by molar-refractivity contribution is 0.554. The van der Waals surface area contributed by atoms with Crippen molar-refractivity contribution < 1.29 is 4.39 Å². The van der Waals surface area contributed by atoms with Gasteiger partial charge in [0.15, 0.2) is 11.6 Å². The maximum Gasteiger partial charge on any atom is 0.167 e. The van der Waals surface area contributed by atoms with Gasteiger partial charge in [-0.2, -0.15) is 0 Å². The van der Waals surface area contributed by atoms with Gasteiger partial charge in [-0.1, -0.05) is 0 Å². The van der Waals surface area contributed by atoms with Gasteiger partial charge in [0.1, 0.15) is 5.82 Å². The zero-order valence-electron chi connectivity index (χ0n) is 11.5. The first-order valence-electron chi connectivity index (χ1n) is 7.19. The van der Waals surface area contributed by atoms with Crippen molar-refractivity contribution in [1.29, 1.82) is 0 Å². The second-order valence-electron chi connectivity index (χ2n) is 5.20. The summed E-state index contributed by atoms with van der Waals surface area (Å²) in [6.45, 7) is 7.55. The molecular weight excluding hydrogens is 243 g/mol. The minimum absolute atomic E-state index is 0.168. The molecule has 0 unspecified atom stereocenters. The van der Waals surface area contributed by atoms with Gasteiger partial charge in [0.05, 0.1) is 0 Å². The largest absolute Gasteiger partial charge is 0.357 e. The molecule has 0 radical (unpaired) electrons. The van der Waals surface area contributed by atoms with Crippen LogP contribution in [0, 0.1) is 5.82 Å². The van der Waals surface area contributed by atoms with Crippen molar-refractivity contribution in [2.45, 2.75) is 19.8 Å². The molecule has 1 fully saturated rings. The number of anilines is 2. The Morgan fingerprint density at radius 1 is 1.26 bits per heavy atom. The third-order valence-corrected chi connectivity index (χ3v) is 3.99. The van der Waals surface area contributed by atoms with E-state index in [-0.39, 0.29) is 5.82 Å². The number of aromatic nitrogens is 1. The number of rotatable bonds is 2. The van der Waals surface area contributed by atoms with E-state index >= 15 is 0 Å². The van der Waals surface area contributed by atoms with Crippen LogP contribution in [0.15, 0.2) is 6.07 Å². The highest BCUT2D eigenvalue weighted by atomic mass is 19.1. The monoisotopic (exact) mass is 264 g/mol. The number of nitrogens with zero attached hydrogens (tertiary/aromatic N) is 3. The minimum Gasteiger partial charge on any atom is -0.357 e. The van der Waals surface area contributed by atoms with Crippen LogP contribution in [0.4, 0.5) is 16.0 Å². The van der Waals surface area contributed by atoms with Crippen molar-refractivity contribution in [1.82, 2.24) is 10.3 Å². The molecule has 0 atom stereocenters. The molecule has 0 aromatic carbocycles. The molecule has 3 rings (SSSR count). The quantitative estimate of drug-likeness (QED) is 0.875. The van der Waals surface area contributed by atoms with E-state index in [1.165, 1.54) is 0 Å². The van der Waals surface area contributed by atoms with Crippen LogP contribution in [0.2, 0.25) is 0 Å². The fraction of sp³-hybridized carbons (Fsp3) is 0.643. The standard InChI is InChI=1S/C14H21FN4/c1-2-18-7-3-4-11-10-12(15)14(17-13(11)18)19-8-5-16-6-9-19/h10,16H,2-9H2,1H3. The van der Waals surface area contributed by atoms with Gasteiger partial charge in [-0.3, -0.25) is 0 Å². The van der Waals surface area contributed by atoms with Gasteiger partial charge in [0.25, 0.3) is 0 Å². The van der Waals surface area contributed by atoms with Gasteiger partial charge < -0.3 is 15.1 Å². The lowest BCUT2D eigenvalue weighted by Gasteiger charge is -2.33. The number of fused-ring (bicyclic) bond motifs is 1. The summed E-state index contributed by atoms with van der Waals surface area (Å²) in [6, 6.07) is 1.70. The highest BCUT2D eigenvalue weighted by molar-refractivity contribution is 5.56. The average molecular weight is 264 g/mol. The van der Waals surface area contributed by atoms with E-state index in [4.69, 9.17) is 0 Å². The summed E-state index contributed by atoms with van der Waals surface area (Å²) in [5.74, 6) is 1.35. The Morgan fingerprint density at radius 2 is 2.05 bits per heavy atom. The zero-order valence-corrected chi connectivity index (χ0v) is 11.5. The molecule has 0 saturated carbocycles. The first-order valence-corrected chi connectivity index (χ1v) is 7.19. The molecule has 5 heteroatoms. The predicted octanol–water partition coefficient (Wildman–Crippen LogP) is 1.40. The molecule has 19 heavy (non-hydrogen) atoms. The Bertz CT molecular complexity index is 457. The molecule has 0 spiro atoms. The van der Waals surface area contributed by atoms with Crippen LogP contribution >= 0.6 is 0 Å². The van der Waals surface area contributed by atoms with E-state index in [0.29, 0.717) is 5.82 Å². The van der Waals surface area contributed by atoms with Crippen molar-refractivity contribution >= 4 is 11.6 Å². The minimum atomic E-state index is -0.168. The summed E-state index contributed by atoms with van der Waals surface area (Å²) in [5.41, 5.74) is 1.06. The third kappa shape index (κ3) is 2.39. The lowest BCUT2D eigenvalue weighted by atomic mass is 10.1. The molecule has 1 saturated heterocycles. The molecule has 1 aromatic rings. The fourth-order valence-corrected chi connectivity index (χ4v) is 2.94. The number of nitrogens with one attached hydrogen (secondary N) is 1. The number of hydrogen-bond donors (Lipinski definition) is 1. The molecule has 0 bridgehead atoms. The molecule has 104 valence electrons. The Labute approximate surface area is 113 Å². The van der Waals surface area contributed by atoms with Gasteiger partial charge in [-0.25, -0.2) is 9.37 Å². The predicted molar refractivity (Wildman–Crippen MR) is 75.5 cm³/mol. The lowest BCUT2D eigenvalue weighted by Crippen LogP contribution is -2.44. The number of piperazine rings is 1. The Kier molecular flexibility index (Phi) is 3.55. The molecule has 3 heterocycles. The van der Waals surface area contributed by atoms with Crippen LogP contribution in [-0.4, -0.2) is 44.3 Å². The Hall–Kier alpha value is -1.36. The molecule has 1 aromatic heterocycles. The van der Waals surface area contributed by atoms with Gasteiger partial charge in [0.2, 0.25) is 0 Å². The van der Waals surface area contributed by atoms with E-state index in [2.05, 4.69) is 27.0 Å². The van der Waals surface area contributed by atoms with Gasteiger partial charge >= 0.3 is 0 Å². The zero-order chi connectivity index (χ0) is 13.2. The Balaban J connectivity index is 1.96. The van der Waals surface area contributed by atoms with E-state index in [1.54, 1.807) is 6.07 Å². The van der Waals surface area contributed by atoms with Crippen LogP contribution in [0.5, 0.6) is 0 Å². The summed E-state index contributed by atoms with van der Waals surface area (Å²) in [5, 5.41) is 3.28. The van der Waals surface area contributed by atoms with E-state index in [0.717, 1.165) is 63.5 Å². The molecule has 2 aliphatic rings. The highest BCUT2D eigenvalue weighted by Crippen LogP contribution is 2.30. The molecule has 1 N–H and O–H groups in total. The summed E-state index contributed by atoms with van der Waals surface area (Å²) < 4.78 is 14.3. The third-order valence-electron chi connectivity index (χ3n) is 3.99. The normalized spacial score (nSPS) is 19.5. The summed E-state index contributed by atoms with van der Waals surface area (Å²) in [6.07, 6.45) is 2.03. The molecule has 4 nitrogen and oxygen atoms in total. The van der Waals surface area contributed by atoms with Crippen molar-refractivity contribution in [2.24, 2.45) is 0 Å². The smallest absolute Gasteiger partial charge is 0.167 e.